The molecule has 0 saturated carbocycles. The van der Waals surface area contributed by atoms with Crippen LogP contribution in [0.3, 0.4) is 0 Å². The fraction of sp³-hybridized carbons (Fsp3) is 0.333. The van der Waals surface area contributed by atoms with E-state index in [9.17, 15) is 9.59 Å². The predicted octanol–water partition coefficient (Wildman–Crippen LogP) is 1.42. The second kappa shape index (κ2) is 6.37. The molecular formula is C15H15ClN4O3. The lowest BCUT2D eigenvalue weighted by Gasteiger charge is -2.16. The molecule has 0 aromatic carbocycles. The number of carbonyl (C=O) groups excluding carboxylic acids is 1. The topological polar surface area (TPSA) is 88.2 Å². The summed E-state index contributed by atoms with van der Waals surface area (Å²) >= 11 is 5.76. The van der Waals surface area contributed by atoms with Crippen molar-refractivity contribution < 1.29 is 9.53 Å². The van der Waals surface area contributed by atoms with E-state index < -0.39 is 5.56 Å². The Morgan fingerprint density at radius 3 is 2.96 bits per heavy atom. The van der Waals surface area contributed by atoms with E-state index in [0.717, 1.165) is 5.69 Å². The van der Waals surface area contributed by atoms with Gasteiger partial charge >= 0.3 is 0 Å². The smallest absolute Gasteiger partial charge is 0.266 e. The Morgan fingerprint density at radius 2 is 2.26 bits per heavy atom. The van der Waals surface area contributed by atoms with Gasteiger partial charge in [0.05, 0.1) is 17.8 Å². The fourth-order valence-electron chi connectivity index (χ4n) is 2.39. The van der Waals surface area contributed by atoms with Gasteiger partial charge in [-0.3, -0.25) is 9.59 Å². The molecule has 0 aliphatic carbocycles. The number of amides is 1. The summed E-state index contributed by atoms with van der Waals surface area (Å²) in [5.74, 6) is 0.256. The molecule has 0 bridgehead atoms. The maximum Gasteiger partial charge on any atom is 0.266 e. The van der Waals surface area contributed by atoms with E-state index >= 15 is 0 Å². The molecule has 1 fully saturated rings. The van der Waals surface area contributed by atoms with Crippen molar-refractivity contribution in [3.63, 3.8) is 0 Å². The Morgan fingerprint density at radius 1 is 1.43 bits per heavy atom. The molecule has 1 amide bonds. The van der Waals surface area contributed by atoms with Crippen LogP contribution in [0.1, 0.15) is 22.5 Å². The van der Waals surface area contributed by atoms with Gasteiger partial charge in [0.15, 0.2) is 0 Å². The lowest BCUT2D eigenvalue weighted by atomic mass is 10.2. The Balaban J connectivity index is 1.64. The van der Waals surface area contributed by atoms with Crippen LogP contribution in [0.25, 0.3) is 0 Å². The number of rotatable bonds is 3. The van der Waals surface area contributed by atoms with Crippen LogP contribution in [0, 0.1) is 6.92 Å². The van der Waals surface area contributed by atoms with Crippen molar-refractivity contribution in [2.24, 2.45) is 0 Å². The van der Waals surface area contributed by atoms with Crippen molar-refractivity contribution >= 4 is 17.5 Å². The molecule has 0 unspecified atom stereocenters. The third-order valence-corrected chi connectivity index (χ3v) is 3.88. The predicted molar refractivity (Wildman–Crippen MR) is 83.8 cm³/mol. The zero-order valence-corrected chi connectivity index (χ0v) is 13.2. The van der Waals surface area contributed by atoms with Crippen LogP contribution >= 0.6 is 11.6 Å². The number of halogens is 1. The Labute approximate surface area is 137 Å². The van der Waals surface area contributed by atoms with E-state index in [1.165, 1.54) is 12.3 Å². The van der Waals surface area contributed by atoms with Crippen molar-refractivity contribution in [2.75, 3.05) is 13.1 Å². The molecule has 120 valence electrons. The summed E-state index contributed by atoms with van der Waals surface area (Å²) in [6.45, 7) is 2.87. The van der Waals surface area contributed by atoms with Gasteiger partial charge < -0.3 is 14.6 Å². The van der Waals surface area contributed by atoms with Crippen LogP contribution in [0.2, 0.25) is 5.02 Å². The van der Waals surface area contributed by atoms with Crippen LogP contribution in [-0.4, -0.2) is 45.2 Å². The summed E-state index contributed by atoms with van der Waals surface area (Å²) in [6, 6.07) is 4.96. The Hall–Kier alpha value is -2.41. The van der Waals surface area contributed by atoms with E-state index in [0.29, 0.717) is 31.0 Å². The minimum Gasteiger partial charge on any atom is -0.471 e. The summed E-state index contributed by atoms with van der Waals surface area (Å²) < 4.78 is 5.74. The van der Waals surface area contributed by atoms with Gasteiger partial charge in [-0.25, -0.2) is 0 Å². The van der Waals surface area contributed by atoms with Gasteiger partial charge in [-0.15, -0.1) is 5.10 Å². The van der Waals surface area contributed by atoms with Crippen molar-refractivity contribution in [1.29, 1.82) is 0 Å². The minimum atomic E-state index is -0.413. The highest BCUT2D eigenvalue weighted by Crippen LogP contribution is 2.18. The molecule has 0 spiro atoms. The quantitative estimate of drug-likeness (QED) is 0.917. The monoisotopic (exact) mass is 334 g/mol. The lowest BCUT2D eigenvalue weighted by Crippen LogP contribution is -2.31. The summed E-state index contributed by atoms with van der Waals surface area (Å²) in [4.78, 5) is 27.8. The largest absolute Gasteiger partial charge is 0.471 e. The zero-order valence-electron chi connectivity index (χ0n) is 12.5. The molecule has 3 heterocycles. The summed E-state index contributed by atoms with van der Waals surface area (Å²) in [5.41, 5.74) is 0.754. The molecule has 8 heteroatoms. The maximum atomic E-state index is 12.4. The van der Waals surface area contributed by atoms with Gasteiger partial charge in [0.25, 0.3) is 11.5 Å². The van der Waals surface area contributed by atoms with Gasteiger partial charge in [0.1, 0.15) is 11.1 Å². The van der Waals surface area contributed by atoms with E-state index in [-0.39, 0.29) is 17.0 Å². The van der Waals surface area contributed by atoms with Gasteiger partial charge in [-0.1, -0.05) is 11.6 Å². The SMILES string of the molecule is Cc1ccc(O[C@@H]2CCN(C(=O)c3c[nH]c(=O)c(Cl)c3)C2)nn1. The standard InChI is InChI=1S/C15H15ClN4O3/c1-9-2-3-13(19-18-9)23-11-4-5-20(8-11)15(22)10-6-12(16)14(21)17-7-10/h2-3,6-7,11H,4-5,8H2,1H3,(H,17,21)/t11-/m1/s1. The average Bonchev–Trinajstić information content (AvgIpc) is 3.00. The fourth-order valence-corrected chi connectivity index (χ4v) is 2.56. The number of aryl methyl sites for hydroxylation is 1. The number of hydrogen-bond acceptors (Lipinski definition) is 5. The molecular weight excluding hydrogens is 320 g/mol. The highest BCUT2D eigenvalue weighted by atomic mass is 35.5. The van der Waals surface area contributed by atoms with Crippen LogP contribution in [-0.2, 0) is 0 Å². The number of ether oxygens (including phenoxy) is 1. The number of carbonyl (C=O) groups is 1. The van der Waals surface area contributed by atoms with Crippen molar-refractivity contribution in [1.82, 2.24) is 20.1 Å². The molecule has 23 heavy (non-hydrogen) atoms. The van der Waals surface area contributed by atoms with E-state index in [1.54, 1.807) is 11.0 Å². The second-order valence-electron chi connectivity index (χ2n) is 5.36. The molecule has 1 N–H and O–H groups in total. The number of H-pyrrole nitrogens is 1. The highest BCUT2D eigenvalue weighted by Gasteiger charge is 2.29. The maximum absolute atomic E-state index is 12.4. The highest BCUT2D eigenvalue weighted by molar-refractivity contribution is 6.30. The normalized spacial score (nSPS) is 17.3. The number of hydrogen-bond donors (Lipinski definition) is 1. The molecule has 0 radical (unpaired) electrons. The van der Waals surface area contributed by atoms with Crippen LogP contribution < -0.4 is 10.3 Å². The molecule has 1 atom stereocenters. The van der Waals surface area contributed by atoms with Gasteiger partial charge in [-0.2, -0.15) is 5.10 Å². The molecule has 2 aromatic heterocycles. The van der Waals surface area contributed by atoms with Crippen molar-refractivity contribution in [3.8, 4) is 5.88 Å². The second-order valence-corrected chi connectivity index (χ2v) is 5.77. The molecule has 2 aromatic rings. The number of pyridine rings is 1. The van der Waals surface area contributed by atoms with Gasteiger partial charge in [0.2, 0.25) is 5.88 Å². The zero-order chi connectivity index (χ0) is 16.4. The average molecular weight is 335 g/mol. The van der Waals surface area contributed by atoms with E-state index in [1.807, 2.05) is 13.0 Å². The minimum absolute atomic E-state index is 0.00206. The molecule has 1 aliphatic heterocycles. The van der Waals surface area contributed by atoms with Crippen molar-refractivity contribution in [2.45, 2.75) is 19.4 Å². The van der Waals surface area contributed by atoms with Gasteiger partial charge in [0, 0.05) is 25.2 Å². The number of likely N-dealkylation sites (tertiary alicyclic amines) is 1. The third-order valence-electron chi connectivity index (χ3n) is 3.60. The molecule has 3 rings (SSSR count). The summed E-state index contributed by atoms with van der Waals surface area (Å²) in [6.07, 6.45) is 1.95. The van der Waals surface area contributed by atoms with E-state index in [4.69, 9.17) is 16.3 Å². The third kappa shape index (κ3) is 3.50. The summed E-state index contributed by atoms with van der Waals surface area (Å²) in [7, 11) is 0. The summed E-state index contributed by atoms with van der Waals surface area (Å²) in [5, 5.41) is 7.89. The molecule has 1 aliphatic rings. The van der Waals surface area contributed by atoms with Crippen LogP contribution in [0.5, 0.6) is 5.88 Å². The number of aromatic amines is 1. The van der Waals surface area contributed by atoms with Crippen LogP contribution in [0.4, 0.5) is 0 Å². The molecule has 1 saturated heterocycles. The van der Waals surface area contributed by atoms with Crippen molar-refractivity contribution in [3.05, 3.63) is 51.0 Å². The first-order chi connectivity index (χ1) is 11.0. The van der Waals surface area contributed by atoms with Gasteiger partial charge in [-0.05, 0) is 19.1 Å². The first-order valence-corrected chi connectivity index (χ1v) is 7.55. The number of aromatic nitrogens is 3. The molecule has 7 nitrogen and oxygen atoms in total. The number of nitrogens with zero attached hydrogens (tertiary/aromatic N) is 3. The Bertz CT molecular complexity index is 775. The number of nitrogens with one attached hydrogen (secondary N) is 1. The lowest BCUT2D eigenvalue weighted by molar-refractivity contribution is 0.0770. The Kier molecular flexibility index (Phi) is 4.29. The first kappa shape index (κ1) is 15.5. The van der Waals surface area contributed by atoms with E-state index in [2.05, 4.69) is 15.2 Å². The first-order valence-electron chi connectivity index (χ1n) is 7.17. The van der Waals surface area contributed by atoms with Crippen LogP contribution in [0.15, 0.2) is 29.2 Å².